The van der Waals surface area contributed by atoms with Crippen LogP contribution in [-0.2, 0) is 4.79 Å². The molecule has 0 radical (unpaired) electrons. The first-order valence-corrected chi connectivity index (χ1v) is 7.79. The number of methoxy groups -OCH3 is 1. The van der Waals surface area contributed by atoms with Crippen LogP contribution in [-0.4, -0.2) is 42.7 Å². The van der Waals surface area contributed by atoms with Gasteiger partial charge in [0.1, 0.15) is 0 Å². The quantitative estimate of drug-likeness (QED) is 0.848. The Bertz CT molecular complexity index is 659. The molecule has 2 aromatic carbocycles. The molecule has 2 aromatic rings. The van der Waals surface area contributed by atoms with Crippen molar-refractivity contribution in [2.24, 2.45) is 0 Å². The highest BCUT2D eigenvalue weighted by Crippen LogP contribution is 2.26. The molecule has 0 aromatic heterocycles. The van der Waals surface area contributed by atoms with Gasteiger partial charge in [-0.3, -0.25) is 4.79 Å². The molecule has 0 saturated carbocycles. The van der Waals surface area contributed by atoms with Crippen molar-refractivity contribution in [1.82, 2.24) is 4.90 Å². The minimum Gasteiger partial charge on any atom is -0.493 e. The van der Waals surface area contributed by atoms with Crippen LogP contribution in [0.1, 0.15) is 18.6 Å². The molecular formula is C19H23NO4. The van der Waals surface area contributed by atoms with Crippen molar-refractivity contribution < 1.29 is 19.4 Å². The second-order valence-corrected chi connectivity index (χ2v) is 5.54. The Balaban J connectivity index is 1.96. The maximum Gasteiger partial charge on any atom is 0.260 e. The SMILES string of the molecule is COc1ccccc1OCC(=O)N(C)C(C)C(O)c1ccccc1. The number of aliphatic hydroxyl groups is 1. The van der Waals surface area contributed by atoms with Gasteiger partial charge in [-0.2, -0.15) is 0 Å². The van der Waals surface area contributed by atoms with E-state index >= 15 is 0 Å². The minimum atomic E-state index is -0.758. The first-order valence-electron chi connectivity index (χ1n) is 7.79. The number of benzene rings is 2. The van der Waals surface area contributed by atoms with Gasteiger partial charge < -0.3 is 19.5 Å². The van der Waals surface area contributed by atoms with Gasteiger partial charge >= 0.3 is 0 Å². The number of likely N-dealkylation sites (N-methyl/N-ethyl adjacent to an activating group) is 1. The van der Waals surface area contributed by atoms with Crippen molar-refractivity contribution in [2.75, 3.05) is 20.8 Å². The molecule has 1 N–H and O–H groups in total. The molecule has 128 valence electrons. The molecule has 0 fully saturated rings. The number of hydrogen-bond donors (Lipinski definition) is 1. The third-order valence-electron chi connectivity index (χ3n) is 4.02. The number of carbonyl (C=O) groups excluding carboxylic acids is 1. The van der Waals surface area contributed by atoms with Gasteiger partial charge in [-0.25, -0.2) is 0 Å². The molecule has 5 nitrogen and oxygen atoms in total. The van der Waals surface area contributed by atoms with E-state index < -0.39 is 6.10 Å². The van der Waals surface area contributed by atoms with Gasteiger partial charge in [0.2, 0.25) is 0 Å². The van der Waals surface area contributed by atoms with Gasteiger partial charge in [0.05, 0.1) is 19.3 Å². The van der Waals surface area contributed by atoms with Gasteiger partial charge in [0.15, 0.2) is 18.1 Å². The van der Waals surface area contributed by atoms with E-state index in [1.807, 2.05) is 42.5 Å². The number of nitrogens with zero attached hydrogens (tertiary/aromatic N) is 1. The fourth-order valence-corrected chi connectivity index (χ4v) is 2.35. The van der Waals surface area contributed by atoms with Crippen molar-refractivity contribution in [3.8, 4) is 11.5 Å². The Morgan fingerprint density at radius 1 is 1.08 bits per heavy atom. The third kappa shape index (κ3) is 4.26. The monoisotopic (exact) mass is 329 g/mol. The maximum atomic E-state index is 12.3. The topological polar surface area (TPSA) is 59.0 Å². The van der Waals surface area contributed by atoms with E-state index in [1.54, 1.807) is 33.2 Å². The summed E-state index contributed by atoms with van der Waals surface area (Å²) in [5.74, 6) is 0.867. The molecule has 1 amide bonds. The molecule has 0 aliphatic carbocycles. The van der Waals surface area contributed by atoms with Crippen LogP contribution in [0.2, 0.25) is 0 Å². The number of hydrogen-bond acceptors (Lipinski definition) is 4. The Morgan fingerprint density at radius 2 is 1.67 bits per heavy atom. The molecule has 2 rings (SSSR count). The molecule has 0 spiro atoms. The van der Waals surface area contributed by atoms with Gasteiger partial charge in [-0.1, -0.05) is 42.5 Å². The number of amides is 1. The third-order valence-corrected chi connectivity index (χ3v) is 4.02. The smallest absolute Gasteiger partial charge is 0.260 e. The highest BCUT2D eigenvalue weighted by molar-refractivity contribution is 5.78. The zero-order valence-electron chi connectivity index (χ0n) is 14.2. The Hall–Kier alpha value is -2.53. The van der Waals surface area contributed by atoms with Crippen LogP contribution in [0.3, 0.4) is 0 Å². The summed E-state index contributed by atoms with van der Waals surface area (Å²) in [6, 6.07) is 16.1. The number of ether oxygens (including phenoxy) is 2. The average Bonchev–Trinajstić information content (AvgIpc) is 2.65. The molecule has 2 atom stereocenters. The van der Waals surface area contributed by atoms with Gasteiger partial charge in [-0.05, 0) is 24.6 Å². The predicted octanol–water partition coefficient (Wildman–Crippen LogP) is 2.65. The molecule has 0 bridgehead atoms. The lowest BCUT2D eigenvalue weighted by Gasteiger charge is -2.29. The Kier molecular flexibility index (Phi) is 6.21. The molecule has 0 aliphatic rings. The number of aliphatic hydroxyl groups excluding tert-OH is 1. The second-order valence-electron chi connectivity index (χ2n) is 5.54. The second kappa shape index (κ2) is 8.36. The van der Waals surface area contributed by atoms with E-state index in [0.29, 0.717) is 11.5 Å². The normalized spacial score (nSPS) is 13.0. The van der Waals surface area contributed by atoms with Crippen LogP contribution in [0, 0.1) is 0 Å². The zero-order valence-corrected chi connectivity index (χ0v) is 14.2. The summed E-state index contributed by atoms with van der Waals surface area (Å²) in [4.78, 5) is 13.8. The first kappa shape index (κ1) is 17.8. The first-order chi connectivity index (χ1) is 11.5. The predicted molar refractivity (Wildman–Crippen MR) is 92.1 cm³/mol. The van der Waals surface area contributed by atoms with Crippen LogP contribution in [0.4, 0.5) is 0 Å². The molecule has 24 heavy (non-hydrogen) atoms. The minimum absolute atomic E-state index is 0.122. The number of rotatable bonds is 7. The largest absolute Gasteiger partial charge is 0.493 e. The summed E-state index contributed by atoms with van der Waals surface area (Å²) in [5, 5.41) is 10.4. The van der Waals surface area contributed by atoms with Crippen LogP contribution in [0.15, 0.2) is 54.6 Å². The summed E-state index contributed by atoms with van der Waals surface area (Å²) >= 11 is 0. The highest BCUT2D eigenvalue weighted by atomic mass is 16.5. The molecule has 0 saturated heterocycles. The van der Waals surface area contributed by atoms with Crippen LogP contribution < -0.4 is 9.47 Å². The van der Waals surface area contributed by atoms with E-state index in [0.717, 1.165) is 5.56 Å². The summed E-state index contributed by atoms with van der Waals surface area (Å²) in [6.45, 7) is 1.68. The summed E-state index contributed by atoms with van der Waals surface area (Å²) in [6.07, 6.45) is -0.758. The number of para-hydroxylation sites is 2. The zero-order chi connectivity index (χ0) is 17.5. The van der Waals surface area contributed by atoms with Crippen molar-refractivity contribution in [3.63, 3.8) is 0 Å². The highest BCUT2D eigenvalue weighted by Gasteiger charge is 2.24. The molecular weight excluding hydrogens is 306 g/mol. The molecule has 2 unspecified atom stereocenters. The number of carbonyl (C=O) groups is 1. The van der Waals surface area contributed by atoms with Gasteiger partial charge in [0.25, 0.3) is 5.91 Å². The maximum absolute atomic E-state index is 12.3. The standard InChI is InChI=1S/C19H23NO4/c1-14(19(22)15-9-5-4-6-10-15)20(2)18(21)13-24-17-12-8-7-11-16(17)23-3/h4-12,14,19,22H,13H2,1-3H3. The van der Waals surface area contributed by atoms with E-state index in [1.165, 1.54) is 4.90 Å². The van der Waals surface area contributed by atoms with E-state index in [9.17, 15) is 9.90 Å². The lowest BCUT2D eigenvalue weighted by molar-refractivity contribution is -0.136. The van der Waals surface area contributed by atoms with Crippen molar-refractivity contribution in [1.29, 1.82) is 0 Å². The van der Waals surface area contributed by atoms with Crippen molar-refractivity contribution in [3.05, 3.63) is 60.2 Å². The molecule has 5 heteroatoms. The van der Waals surface area contributed by atoms with Gasteiger partial charge in [0, 0.05) is 7.05 Å². The summed E-state index contributed by atoms with van der Waals surface area (Å²) in [5.41, 5.74) is 0.773. The Labute approximate surface area is 142 Å². The summed E-state index contributed by atoms with van der Waals surface area (Å²) in [7, 11) is 3.21. The average molecular weight is 329 g/mol. The van der Waals surface area contributed by atoms with Crippen LogP contribution in [0.25, 0.3) is 0 Å². The fraction of sp³-hybridized carbons (Fsp3) is 0.316. The van der Waals surface area contributed by atoms with E-state index in [-0.39, 0.29) is 18.6 Å². The lowest BCUT2D eigenvalue weighted by atomic mass is 10.0. The van der Waals surface area contributed by atoms with E-state index in [4.69, 9.17) is 9.47 Å². The van der Waals surface area contributed by atoms with E-state index in [2.05, 4.69) is 0 Å². The van der Waals surface area contributed by atoms with Gasteiger partial charge in [-0.15, -0.1) is 0 Å². The molecule has 0 heterocycles. The lowest BCUT2D eigenvalue weighted by Crippen LogP contribution is -2.41. The fourth-order valence-electron chi connectivity index (χ4n) is 2.35. The van der Waals surface area contributed by atoms with Crippen molar-refractivity contribution >= 4 is 5.91 Å². The van der Waals surface area contributed by atoms with Crippen LogP contribution >= 0.6 is 0 Å². The van der Waals surface area contributed by atoms with Crippen molar-refractivity contribution in [2.45, 2.75) is 19.1 Å². The van der Waals surface area contributed by atoms with Crippen LogP contribution in [0.5, 0.6) is 11.5 Å². The Morgan fingerprint density at radius 3 is 2.29 bits per heavy atom. The molecule has 0 aliphatic heterocycles. The summed E-state index contributed by atoms with van der Waals surface area (Å²) < 4.78 is 10.7.